The molecule has 0 unspecified atom stereocenters. The third kappa shape index (κ3) is 7.37. The molecule has 0 saturated carbocycles. The Kier molecular flexibility index (Phi) is 9.96. The van der Waals surface area contributed by atoms with Gasteiger partial charge in [0.2, 0.25) is 0 Å². The van der Waals surface area contributed by atoms with Crippen LogP contribution in [0, 0.1) is 0 Å². The Bertz CT molecular complexity index is 3230. The van der Waals surface area contributed by atoms with Crippen molar-refractivity contribution < 1.29 is 60.2 Å². The lowest BCUT2D eigenvalue weighted by Gasteiger charge is -2.27. The summed E-state index contributed by atoms with van der Waals surface area (Å²) in [5, 5.41) is 96.9. The summed E-state index contributed by atoms with van der Waals surface area (Å²) in [4.78, 5) is 0. The van der Waals surface area contributed by atoms with E-state index in [2.05, 4.69) is 0 Å². The van der Waals surface area contributed by atoms with Crippen LogP contribution in [0.4, 0.5) is 0 Å². The van der Waals surface area contributed by atoms with Crippen molar-refractivity contribution in [3.8, 4) is 69.0 Å². The fraction of sp³-hybridized carbons (Fsp3) is 0.107. The molecule has 0 radical (unpaired) electrons. The quantitative estimate of drug-likeness (QED) is 0.0652. The molecule has 12 nitrogen and oxygen atoms in total. The van der Waals surface area contributed by atoms with E-state index in [1.165, 1.54) is 18.2 Å². The number of benzene rings is 8. The van der Waals surface area contributed by atoms with Gasteiger partial charge in [0.15, 0.2) is 0 Å². The smallest absolute Gasteiger partial charge is 0.135 e. The first-order valence-corrected chi connectivity index (χ1v) is 21.8. The van der Waals surface area contributed by atoms with Crippen molar-refractivity contribution in [1.82, 2.24) is 0 Å². The van der Waals surface area contributed by atoms with E-state index in [1.54, 1.807) is 127 Å². The molecule has 8 aromatic carbocycles. The third-order valence-electron chi connectivity index (χ3n) is 13.0. The zero-order valence-electron chi connectivity index (χ0n) is 35.8. The second kappa shape index (κ2) is 16.2. The summed E-state index contributed by atoms with van der Waals surface area (Å²) in [6.07, 6.45) is 1.48. The van der Waals surface area contributed by atoms with Gasteiger partial charge in [-0.1, -0.05) is 60.7 Å². The summed E-state index contributed by atoms with van der Waals surface area (Å²) >= 11 is 0. The SMILES string of the molecule is Oc1ccc(C=Cc2c3c(cc4c2[C@H](c2cc(O)cc(O)c2)[C@@H](c2ccc(O)cc2)O4)O[C@H](c2ccc(O)cc2)[C@@H]3c2cc(O)cc3c2[C@H](c2cc(O)cc(O)c2)[C@@H](c2ccc(O)cc2)O3)cc1. The van der Waals surface area contributed by atoms with Gasteiger partial charge in [-0.05, 0) is 123 Å². The predicted octanol–water partition coefficient (Wildman–Crippen LogP) is 11.0. The van der Waals surface area contributed by atoms with Crippen molar-refractivity contribution in [3.63, 3.8) is 0 Å². The summed E-state index contributed by atoms with van der Waals surface area (Å²) in [6.45, 7) is 0. The fourth-order valence-corrected chi connectivity index (χ4v) is 10.2. The van der Waals surface area contributed by atoms with Crippen LogP contribution in [0.2, 0.25) is 0 Å². The van der Waals surface area contributed by atoms with Gasteiger partial charge in [0, 0.05) is 41.0 Å². The number of rotatable bonds is 8. The van der Waals surface area contributed by atoms with Crippen molar-refractivity contribution in [2.24, 2.45) is 0 Å². The molecule has 11 rings (SSSR count). The van der Waals surface area contributed by atoms with Crippen LogP contribution in [0.5, 0.6) is 69.0 Å². The second-order valence-corrected chi connectivity index (χ2v) is 17.4. The molecule has 3 aliphatic rings. The van der Waals surface area contributed by atoms with E-state index < -0.39 is 36.1 Å². The molecule has 12 heteroatoms. The first-order chi connectivity index (χ1) is 32.8. The van der Waals surface area contributed by atoms with E-state index in [9.17, 15) is 46.0 Å². The molecule has 3 heterocycles. The van der Waals surface area contributed by atoms with E-state index in [1.807, 2.05) is 18.2 Å². The summed E-state index contributed by atoms with van der Waals surface area (Å²) in [5.74, 6) is -1.59. The lowest BCUT2D eigenvalue weighted by molar-refractivity contribution is 0.212. The van der Waals surface area contributed by atoms with Crippen LogP contribution in [0.3, 0.4) is 0 Å². The molecule has 0 saturated heterocycles. The molecule has 338 valence electrons. The molecule has 68 heavy (non-hydrogen) atoms. The number of fused-ring (bicyclic) bond motifs is 3. The van der Waals surface area contributed by atoms with Crippen LogP contribution in [0.25, 0.3) is 12.2 Å². The predicted molar refractivity (Wildman–Crippen MR) is 251 cm³/mol. The van der Waals surface area contributed by atoms with Gasteiger partial charge >= 0.3 is 0 Å². The van der Waals surface area contributed by atoms with Crippen LogP contribution in [0.15, 0.2) is 152 Å². The van der Waals surface area contributed by atoms with E-state index in [4.69, 9.17) is 14.2 Å². The van der Waals surface area contributed by atoms with Crippen molar-refractivity contribution in [1.29, 1.82) is 0 Å². The molecule has 8 aromatic rings. The number of ether oxygens (including phenoxy) is 3. The van der Waals surface area contributed by atoms with Gasteiger partial charge in [-0.2, -0.15) is 0 Å². The Balaban J connectivity index is 1.21. The average molecular weight is 907 g/mol. The topological polar surface area (TPSA) is 210 Å². The molecule has 0 aromatic heterocycles. The Morgan fingerprint density at radius 2 is 0.647 bits per heavy atom. The minimum absolute atomic E-state index is 0.0373. The Labute approximate surface area is 389 Å². The number of aromatic hydroxyl groups is 9. The van der Waals surface area contributed by atoms with E-state index in [-0.39, 0.29) is 51.7 Å². The minimum Gasteiger partial charge on any atom is -0.508 e. The van der Waals surface area contributed by atoms with Gasteiger partial charge in [0.1, 0.15) is 87.3 Å². The highest BCUT2D eigenvalue weighted by molar-refractivity contribution is 5.80. The van der Waals surface area contributed by atoms with Gasteiger partial charge in [0.25, 0.3) is 0 Å². The molecular weight excluding hydrogens is 865 g/mol. The van der Waals surface area contributed by atoms with E-state index in [0.717, 1.165) is 5.56 Å². The number of phenols is 9. The van der Waals surface area contributed by atoms with Crippen molar-refractivity contribution >= 4 is 12.2 Å². The van der Waals surface area contributed by atoms with Gasteiger partial charge in [-0.3, -0.25) is 0 Å². The van der Waals surface area contributed by atoms with Crippen molar-refractivity contribution in [3.05, 3.63) is 213 Å². The Morgan fingerprint density at radius 3 is 1.09 bits per heavy atom. The van der Waals surface area contributed by atoms with Gasteiger partial charge in [-0.25, -0.2) is 0 Å². The second-order valence-electron chi connectivity index (χ2n) is 17.4. The number of hydrogen-bond acceptors (Lipinski definition) is 12. The molecule has 3 aliphatic heterocycles. The summed E-state index contributed by atoms with van der Waals surface area (Å²) < 4.78 is 20.8. The van der Waals surface area contributed by atoms with Crippen molar-refractivity contribution in [2.45, 2.75) is 36.1 Å². The monoisotopic (exact) mass is 906 g/mol. The molecular formula is C56H42O12. The van der Waals surface area contributed by atoms with Crippen LogP contribution in [0.1, 0.15) is 97.3 Å². The van der Waals surface area contributed by atoms with Crippen LogP contribution in [-0.2, 0) is 0 Å². The Morgan fingerprint density at radius 1 is 0.294 bits per heavy atom. The van der Waals surface area contributed by atoms with E-state index in [0.29, 0.717) is 72.9 Å². The van der Waals surface area contributed by atoms with Gasteiger partial charge in [-0.15, -0.1) is 0 Å². The maximum atomic E-state index is 11.8. The zero-order valence-corrected chi connectivity index (χ0v) is 35.8. The van der Waals surface area contributed by atoms with Gasteiger partial charge in [0.05, 0.1) is 17.8 Å². The summed E-state index contributed by atoms with van der Waals surface area (Å²) in [7, 11) is 0. The first-order valence-electron chi connectivity index (χ1n) is 21.8. The highest BCUT2D eigenvalue weighted by Gasteiger charge is 2.49. The maximum absolute atomic E-state index is 11.8. The number of hydrogen-bond donors (Lipinski definition) is 9. The van der Waals surface area contributed by atoms with E-state index >= 15 is 0 Å². The third-order valence-corrected chi connectivity index (χ3v) is 13.0. The summed E-state index contributed by atoms with van der Waals surface area (Å²) in [5.41, 5.74) is 6.98. The lowest BCUT2D eigenvalue weighted by atomic mass is 9.74. The van der Waals surface area contributed by atoms with Crippen LogP contribution >= 0.6 is 0 Å². The molecule has 9 N–H and O–H groups in total. The maximum Gasteiger partial charge on any atom is 0.135 e. The van der Waals surface area contributed by atoms with Crippen molar-refractivity contribution in [2.75, 3.05) is 0 Å². The molecule has 0 amide bonds. The molecule has 0 aliphatic carbocycles. The largest absolute Gasteiger partial charge is 0.508 e. The number of phenolic OH excluding ortho intramolecular Hbond substituents is 9. The lowest BCUT2D eigenvalue weighted by Crippen LogP contribution is -2.17. The highest BCUT2D eigenvalue weighted by Crippen LogP contribution is 2.63. The molecule has 0 fully saturated rings. The van der Waals surface area contributed by atoms with Crippen LogP contribution in [-0.4, -0.2) is 46.0 Å². The van der Waals surface area contributed by atoms with Crippen LogP contribution < -0.4 is 14.2 Å². The zero-order chi connectivity index (χ0) is 47.0. The molecule has 6 atom stereocenters. The normalized spacial score (nSPS) is 20.0. The fourth-order valence-electron chi connectivity index (χ4n) is 10.2. The standard InChI is InChI=1S/C56H42O12/c57-34-10-1-28(2-11-34)3-18-43-50-46(67-54(29-4-12-35(58)13-5-29)48(50)32-19-38(61)23-39(62)20-32)27-47-51(43)53(56(68-47)31-8-16-37(60)17-9-31)44-25-42(65)26-45-52(44)49(33-21-40(63)24-41(64)22-33)55(66-45)30-6-14-36(59)15-7-30/h1-27,48-49,53-65H/t48-,49-,53+,54+,55+,56+/m0/s1. The highest BCUT2D eigenvalue weighted by atomic mass is 16.5. The van der Waals surface area contributed by atoms with Gasteiger partial charge < -0.3 is 60.2 Å². The average Bonchev–Trinajstić information content (AvgIpc) is 4.00. The molecule has 0 spiro atoms. The Hall–Kier alpha value is -8.90. The minimum atomic E-state index is -0.818. The molecule has 0 bridgehead atoms. The first kappa shape index (κ1) is 41.8. The summed E-state index contributed by atoms with van der Waals surface area (Å²) in [6, 6.07) is 40.2.